The maximum atomic E-state index is 5.74. The molecule has 100 valence electrons. The van der Waals surface area contributed by atoms with Gasteiger partial charge in [0.1, 0.15) is 0 Å². The minimum Gasteiger partial charge on any atom is -0.271 e. The number of benzene rings is 2. The minimum absolute atomic E-state index is 0.0468. The van der Waals surface area contributed by atoms with E-state index < -0.39 is 0 Å². The lowest BCUT2D eigenvalue weighted by Gasteiger charge is -2.17. The molecule has 1 unspecified atom stereocenters. The van der Waals surface area contributed by atoms with Gasteiger partial charge in [0.15, 0.2) is 0 Å². The van der Waals surface area contributed by atoms with E-state index in [9.17, 15) is 0 Å². The van der Waals surface area contributed by atoms with Crippen LogP contribution in [0.4, 0.5) is 0 Å². The van der Waals surface area contributed by atoms with Gasteiger partial charge in [-0.15, -0.1) is 0 Å². The highest BCUT2D eigenvalue weighted by atomic mass is 79.9. The van der Waals surface area contributed by atoms with Crippen molar-refractivity contribution >= 4 is 26.8 Å². The van der Waals surface area contributed by atoms with Crippen LogP contribution in [0.5, 0.6) is 0 Å². The number of nitrogens with two attached hydrogens (primary N) is 1. The summed E-state index contributed by atoms with van der Waals surface area (Å²) in [7, 11) is 0. The molecule has 0 bridgehead atoms. The Hall–Kier alpha value is -1.75. The van der Waals surface area contributed by atoms with E-state index >= 15 is 0 Å². The molecule has 3 nitrogen and oxygen atoms in total. The topological polar surface area (TPSA) is 50.9 Å². The molecule has 0 spiro atoms. The van der Waals surface area contributed by atoms with Crippen LogP contribution < -0.4 is 11.3 Å². The fourth-order valence-corrected chi connectivity index (χ4v) is 2.57. The van der Waals surface area contributed by atoms with Gasteiger partial charge in [0.25, 0.3) is 0 Å². The van der Waals surface area contributed by atoms with Crippen LogP contribution >= 0.6 is 15.9 Å². The van der Waals surface area contributed by atoms with E-state index in [4.69, 9.17) is 5.84 Å². The number of pyridine rings is 1. The zero-order chi connectivity index (χ0) is 13.9. The second kappa shape index (κ2) is 5.71. The Morgan fingerprint density at radius 2 is 1.75 bits per heavy atom. The molecule has 0 aliphatic rings. The highest BCUT2D eigenvalue weighted by molar-refractivity contribution is 9.10. The van der Waals surface area contributed by atoms with Crippen LogP contribution in [-0.2, 0) is 0 Å². The summed E-state index contributed by atoms with van der Waals surface area (Å²) < 4.78 is 1.05. The number of rotatable bonds is 3. The van der Waals surface area contributed by atoms with Gasteiger partial charge in [-0.2, -0.15) is 0 Å². The van der Waals surface area contributed by atoms with Crippen LogP contribution in [0, 0.1) is 0 Å². The first kappa shape index (κ1) is 13.2. The molecule has 1 heterocycles. The van der Waals surface area contributed by atoms with E-state index in [0.29, 0.717) is 0 Å². The standard InChI is InChI=1S/C16H14BrN3/c17-14-7-5-12(6-8-14)16(20-18)13-4-3-11-2-1-9-19-15(11)10-13/h1-10,16,20H,18H2. The fraction of sp³-hybridized carbons (Fsp3) is 0.0625. The zero-order valence-electron chi connectivity index (χ0n) is 10.8. The third-order valence-corrected chi connectivity index (χ3v) is 3.86. The summed E-state index contributed by atoms with van der Waals surface area (Å²) >= 11 is 3.44. The quantitative estimate of drug-likeness (QED) is 0.571. The monoisotopic (exact) mass is 327 g/mol. The lowest BCUT2D eigenvalue weighted by molar-refractivity contribution is 0.637. The average molecular weight is 328 g/mol. The Morgan fingerprint density at radius 1 is 1.00 bits per heavy atom. The van der Waals surface area contributed by atoms with Gasteiger partial charge >= 0.3 is 0 Å². The fourth-order valence-electron chi connectivity index (χ4n) is 2.30. The molecule has 3 rings (SSSR count). The minimum atomic E-state index is -0.0468. The zero-order valence-corrected chi connectivity index (χ0v) is 12.3. The first-order chi connectivity index (χ1) is 9.78. The van der Waals surface area contributed by atoms with Crippen molar-refractivity contribution in [2.24, 2.45) is 5.84 Å². The number of aromatic nitrogens is 1. The summed E-state index contributed by atoms with van der Waals surface area (Å²) in [6.07, 6.45) is 1.80. The maximum Gasteiger partial charge on any atom is 0.0710 e. The summed E-state index contributed by atoms with van der Waals surface area (Å²) in [6, 6.07) is 18.3. The second-order valence-electron chi connectivity index (χ2n) is 4.61. The van der Waals surface area contributed by atoms with Crippen molar-refractivity contribution in [3.8, 4) is 0 Å². The van der Waals surface area contributed by atoms with Crippen LogP contribution in [0.15, 0.2) is 65.3 Å². The molecule has 20 heavy (non-hydrogen) atoms. The van der Waals surface area contributed by atoms with Crippen molar-refractivity contribution < 1.29 is 0 Å². The van der Waals surface area contributed by atoms with E-state index in [1.54, 1.807) is 6.20 Å². The predicted molar refractivity (Wildman–Crippen MR) is 85.1 cm³/mol. The van der Waals surface area contributed by atoms with Gasteiger partial charge in [0.2, 0.25) is 0 Å². The van der Waals surface area contributed by atoms with Crippen molar-refractivity contribution in [3.63, 3.8) is 0 Å². The maximum absolute atomic E-state index is 5.74. The smallest absolute Gasteiger partial charge is 0.0710 e. The number of hydrogen-bond donors (Lipinski definition) is 2. The van der Waals surface area contributed by atoms with Crippen LogP contribution in [0.2, 0.25) is 0 Å². The highest BCUT2D eigenvalue weighted by Crippen LogP contribution is 2.25. The van der Waals surface area contributed by atoms with Crippen LogP contribution in [0.1, 0.15) is 17.2 Å². The summed E-state index contributed by atoms with van der Waals surface area (Å²) in [5.41, 5.74) is 6.06. The van der Waals surface area contributed by atoms with Gasteiger partial charge in [-0.05, 0) is 35.4 Å². The first-order valence-electron chi connectivity index (χ1n) is 6.34. The van der Waals surface area contributed by atoms with E-state index in [1.165, 1.54) is 0 Å². The molecular weight excluding hydrogens is 314 g/mol. The lowest BCUT2D eigenvalue weighted by Crippen LogP contribution is -2.28. The van der Waals surface area contributed by atoms with Crippen molar-refractivity contribution in [1.29, 1.82) is 0 Å². The van der Waals surface area contributed by atoms with Crippen molar-refractivity contribution in [1.82, 2.24) is 10.4 Å². The summed E-state index contributed by atoms with van der Waals surface area (Å²) in [6.45, 7) is 0. The molecule has 3 aromatic rings. The largest absolute Gasteiger partial charge is 0.271 e. The third kappa shape index (κ3) is 2.58. The number of halogens is 1. The Kier molecular flexibility index (Phi) is 3.78. The molecule has 0 saturated heterocycles. The number of nitrogens with zero attached hydrogens (tertiary/aromatic N) is 1. The number of hydrazine groups is 1. The Balaban J connectivity index is 2.04. The molecular formula is C16H14BrN3. The summed E-state index contributed by atoms with van der Waals surface area (Å²) in [5.74, 6) is 5.74. The molecule has 1 aromatic heterocycles. The van der Waals surface area contributed by atoms with Crippen molar-refractivity contribution in [2.45, 2.75) is 6.04 Å². The molecule has 2 aromatic carbocycles. The predicted octanol–water partition coefficient (Wildman–Crippen LogP) is 3.55. The van der Waals surface area contributed by atoms with Crippen molar-refractivity contribution in [3.05, 3.63) is 76.4 Å². The van der Waals surface area contributed by atoms with Crippen LogP contribution in [-0.4, -0.2) is 4.98 Å². The normalized spacial score (nSPS) is 12.5. The second-order valence-corrected chi connectivity index (χ2v) is 5.52. The van der Waals surface area contributed by atoms with Crippen LogP contribution in [0.25, 0.3) is 10.9 Å². The number of hydrogen-bond acceptors (Lipinski definition) is 3. The van der Waals surface area contributed by atoms with Crippen LogP contribution in [0.3, 0.4) is 0 Å². The summed E-state index contributed by atoms with van der Waals surface area (Å²) in [4.78, 5) is 4.39. The molecule has 0 amide bonds. The van der Waals surface area contributed by atoms with Gasteiger partial charge < -0.3 is 0 Å². The molecule has 0 saturated carbocycles. The molecule has 0 aliphatic heterocycles. The lowest BCUT2D eigenvalue weighted by atomic mass is 9.98. The van der Waals surface area contributed by atoms with Gasteiger partial charge in [0.05, 0.1) is 11.6 Å². The Labute approximate surface area is 125 Å². The van der Waals surface area contributed by atoms with Gasteiger partial charge in [-0.3, -0.25) is 10.8 Å². The molecule has 1 atom stereocenters. The first-order valence-corrected chi connectivity index (χ1v) is 7.13. The van der Waals surface area contributed by atoms with E-state index in [2.05, 4.69) is 62.7 Å². The van der Waals surface area contributed by atoms with Gasteiger partial charge in [0, 0.05) is 16.1 Å². The van der Waals surface area contributed by atoms with E-state index in [1.807, 2.05) is 18.2 Å². The van der Waals surface area contributed by atoms with E-state index in [0.717, 1.165) is 26.5 Å². The SMILES string of the molecule is NNC(c1ccc(Br)cc1)c1ccc2cccnc2c1. The summed E-state index contributed by atoms with van der Waals surface area (Å²) in [5, 5.41) is 1.13. The Bertz CT molecular complexity index is 725. The molecule has 4 heteroatoms. The number of fused-ring (bicyclic) bond motifs is 1. The third-order valence-electron chi connectivity index (χ3n) is 3.33. The molecule has 0 radical (unpaired) electrons. The molecule has 3 N–H and O–H groups in total. The molecule has 0 aliphatic carbocycles. The van der Waals surface area contributed by atoms with Gasteiger partial charge in [-0.25, -0.2) is 5.43 Å². The number of nitrogens with one attached hydrogen (secondary N) is 1. The van der Waals surface area contributed by atoms with Gasteiger partial charge in [-0.1, -0.05) is 46.3 Å². The highest BCUT2D eigenvalue weighted by Gasteiger charge is 2.12. The molecule has 0 fully saturated rings. The van der Waals surface area contributed by atoms with E-state index in [-0.39, 0.29) is 6.04 Å². The van der Waals surface area contributed by atoms with Crippen molar-refractivity contribution in [2.75, 3.05) is 0 Å². The Morgan fingerprint density at radius 3 is 2.50 bits per heavy atom. The average Bonchev–Trinajstić information content (AvgIpc) is 2.50.